The molecule has 0 unspecified atom stereocenters. The highest BCUT2D eigenvalue weighted by atomic mass is 16.5. The maximum Gasteiger partial charge on any atom is 0.273 e. The molecule has 0 saturated carbocycles. The Bertz CT molecular complexity index is 1400. The largest absolute Gasteiger partial charge is 0.494 e. The van der Waals surface area contributed by atoms with E-state index in [9.17, 15) is 9.59 Å². The van der Waals surface area contributed by atoms with Gasteiger partial charge < -0.3 is 20.7 Å². The molecular weight excluding hydrogens is 450 g/mol. The van der Waals surface area contributed by atoms with E-state index in [1.165, 1.54) is 27.3 Å². The van der Waals surface area contributed by atoms with Crippen molar-refractivity contribution in [1.29, 1.82) is 0 Å². The van der Waals surface area contributed by atoms with Crippen LogP contribution in [0.15, 0.2) is 48.9 Å². The number of benzene rings is 1. The molecule has 3 N–H and O–H groups in total. The number of hydrogen-bond acceptors (Lipinski definition) is 10. The molecule has 3 aromatic heterocycles. The highest BCUT2D eigenvalue weighted by molar-refractivity contribution is 6.02. The van der Waals surface area contributed by atoms with E-state index in [-0.39, 0.29) is 11.5 Å². The Morgan fingerprint density at radius 3 is 2.54 bits per heavy atom. The van der Waals surface area contributed by atoms with Crippen LogP contribution in [0.3, 0.4) is 0 Å². The van der Waals surface area contributed by atoms with Crippen molar-refractivity contribution < 1.29 is 14.3 Å². The smallest absolute Gasteiger partial charge is 0.273 e. The summed E-state index contributed by atoms with van der Waals surface area (Å²) in [7, 11) is 4.81. The topological polar surface area (TPSA) is 149 Å². The number of aryl methyl sites for hydroxylation is 1. The summed E-state index contributed by atoms with van der Waals surface area (Å²) >= 11 is 0. The van der Waals surface area contributed by atoms with E-state index in [2.05, 4.69) is 41.2 Å². The molecule has 0 aliphatic carbocycles. The predicted molar refractivity (Wildman–Crippen MR) is 129 cm³/mol. The molecule has 0 saturated heterocycles. The van der Waals surface area contributed by atoms with Crippen molar-refractivity contribution in [2.24, 2.45) is 7.05 Å². The number of aromatic nitrogens is 6. The zero-order chi connectivity index (χ0) is 24.9. The summed E-state index contributed by atoms with van der Waals surface area (Å²) in [4.78, 5) is 33.0. The van der Waals surface area contributed by atoms with Gasteiger partial charge in [0, 0.05) is 21.0 Å². The molecule has 35 heavy (non-hydrogen) atoms. The molecule has 12 heteroatoms. The second-order valence-corrected chi connectivity index (χ2v) is 7.40. The summed E-state index contributed by atoms with van der Waals surface area (Å²) in [6.45, 7) is 1.44. The normalized spacial score (nSPS) is 10.5. The molecule has 1 aromatic carbocycles. The third-order valence-electron chi connectivity index (χ3n) is 4.98. The minimum absolute atomic E-state index is 0.0450. The van der Waals surface area contributed by atoms with Crippen LogP contribution < -0.4 is 20.7 Å². The van der Waals surface area contributed by atoms with Crippen LogP contribution >= 0.6 is 0 Å². The third kappa shape index (κ3) is 4.90. The summed E-state index contributed by atoms with van der Waals surface area (Å²) in [5, 5.41) is 21.3. The zero-order valence-corrected chi connectivity index (χ0v) is 19.5. The van der Waals surface area contributed by atoms with E-state index >= 15 is 0 Å². The number of amides is 1. The number of Topliss-reactive ketones (excluding diaryl/α,β-unsaturated/α-hetero) is 1. The summed E-state index contributed by atoms with van der Waals surface area (Å²) in [5.41, 5.74) is 2.30. The van der Waals surface area contributed by atoms with Crippen LogP contribution in [0.4, 0.5) is 22.9 Å². The van der Waals surface area contributed by atoms with Gasteiger partial charge in [0.05, 0.1) is 35.9 Å². The lowest BCUT2D eigenvalue weighted by molar-refractivity contribution is 0.0957. The highest BCUT2D eigenvalue weighted by Crippen LogP contribution is 2.38. The summed E-state index contributed by atoms with van der Waals surface area (Å²) < 4.78 is 7.27. The molecule has 0 radical (unpaired) electrons. The first kappa shape index (κ1) is 23.3. The number of anilines is 4. The van der Waals surface area contributed by atoms with Crippen molar-refractivity contribution in [3.63, 3.8) is 0 Å². The van der Waals surface area contributed by atoms with Gasteiger partial charge in [-0.15, -0.1) is 5.10 Å². The first-order valence-corrected chi connectivity index (χ1v) is 10.5. The van der Waals surface area contributed by atoms with Crippen molar-refractivity contribution >= 4 is 34.6 Å². The lowest BCUT2D eigenvalue weighted by Crippen LogP contribution is -2.22. The Morgan fingerprint density at radius 2 is 1.86 bits per heavy atom. The molecule has 0 aliphatic heterocycles. The van der Waals surface area contributed by atoms with Crippen molar-refractivity contribution in [2.75, 3.05) is 24.8 Å². The maximum absolute atomic E-state index is 12.6. The minimum atomic E-state index is -0.449. The number of para-hydroxylation sites is 1. The van der Waals surface area contributed by atoms with E-state index in [1.807, 2.05) is 12.1 Å². The molecule has 12 nitrogen and oxygen atoms in total. The van der Waals surface area contributed by atoms with Crippen LogP contribution in [0, 0.1) is 0 Å². The van der Waals surface area contributed by atoms with Gasteiger partial charge in [-0.3, -0.25) is 14.3 Å². The third-order valence-corrected chi connectivity index (χ3v) is 4.98. The van der Waals surface area contributed by atoms with Gasteiger partial charge >= 0.3 is 0 Å². The number of pyridine rings is 1. The van der Waals surface area contributed by atoms with Gasteiger partial charge in [0.15, 0.2) is 23.1 Å². The Balaban J connectivity index is 1.80. The lowest BCUT2D eigenvalue weighted by Gasteiger charge is -2.18. The molecule has 1 amide bonds. The van der Waals surface area contributed by atoms with Crippen LogP contribution in [0.5, 0.6) is 5.75 Å². The monoisotopic (exact) mass is 473 g/mol. The molecule has 4 aromatic rings. The van der Waals surface area contributed by atoms with Crippen molar-refractivity contribution in [3.8, 4) is 17.1 Å². The number of nitrogens with one attached hydrogen (secondary N) is 3. The predicted octanol–water partition coefficient (Wildman–Crippen LogP) is 2.73. The molecule has 0 atom stereocenters. The number of ether oxygens (including phenoxy) is 1. The van der Waals surface area contributed by atoms with E-state index < -0.39 is 5.91 Å². The lowest BCUT2D eigenvalue weighted by atomic mass is 10.1. The SMILES string of the molecule is CNC(=O)c1nncc(Nc2cccc(C(C)=O)n2)c1Nc1cccc(-c2ncn(C)n2)c1OC. The van der Waals surface area contributed by atoms with Crippen LogP contribution in [0.25, 0.3) is 11.4 Å². The van der Waals surface area contributed by atoms with Gasteiger partial charge in [0.25, 0.3) is 5.91 Å². The van der Waals surface area contributed by atoms with Gasteiger partial charge in [-0.2, -0.15) is 10.2 Å². The number of carbonyl (C=O) groups excluding carboxylic acids is 2. The van der Waals surface area contributed by atoms with Crippen LogP contribution in [0.1, 0.15) is 27.9 Å². The average Bonchev–Trinajstić information content (AvgIpc) is 3.30. The quantitative estimate of drug-likeness (QED) is 0.326. The summed E-state index contributed by atoms with van der Waals surface area (Å²) in [6.07, 6.45) is 3.04. The number of ketones is 1. The standard InChI is InChI=1S/C23H23N9O3/c1-13(33)15-8-6-10-18(27-15)28-17-11-26-30-20(23(34)24-2)19(17)29-16-9-5-7-14(21(16)35-4)22-25-12-32(3)31-22/h5-12H,1-4H3,(H,24,34)(H,26,29)(H,27,28,30). The summed E-state index contributed by atoms with van der Waals surface area (Å²) in [5.74, 6) is 0.734. The molecule has 0 aliphatic rings. The second kappa shape index (κ2) is 9.95. The Labute approximate surface area is 200 Å². The van der Waals surface area contributed by atoms with E-state index in [1.54, 1.807) is 42.3 Å². The van der Waals surface area contributed by atoms with Crippen molar-refractivity contribution in [1.82, 2.24) is 35.3 Å². The Kier molecular flexibility index (Phi) is 6.62. The van der Waals surface area contributed by atoms with Gasteiger partial charge in [-0.25, -0.2) is 9.97 Å². The van der Waals surface area contributed by atoms with E-state index in [4.69, 9.17) is 4.74 Å². The van der Waals surface area contributed by atoms with Crippen LogP contribution in [0.2, 0.25) is 0 Å². The first-order valence-electron chi connectivity index (χ1n) is 10.5. The fraction of sp³-hybridized carbons (Fsp3) is 0.174. The molecule has 178 valence electrons. The second-order valence-electron chi connectivity index (χ2n) is 7.40. The average molecular weight is 473 g/mol. The molecule has 0 bridgehead atoms. The van der Waals surface area contributed by atoms with E-state index in [0.717, 1.165) is 0 Å². The fourth-order valence-electron chi connectivity index (χ4n) is 3.35. The van der Waals surface area contributed by atoms with Gasteiger partial charge in [-0.1, -0.05) is 12.1 Å². The zero-order valence-electron chi connectivity index (χ0n) is 19.5. The van der Waals surface area contributed by atoms with Gasteiger partial charge in [-0.05, 0) is 24.3 Å². The molecule has 0 spiro atoms. The van der Waals surface area contributed by atoms with Crippen molar-refractivity contribution in [3.05, 3.63) is 60.3 Å². The molecule has 0 fully saturated rings. The highest BCUT2D eigenvalue weighted by Gasteiger charge is 2.21. The summed E-state index contributed by atoms with van der Waals surface area (Å²) in [6, 6.07) is 10.5. The number of methoxy groups -OCH3 is 1. The van der Waals surface area contributed by atoms with Crippen LogP contribution in [-0.4, -0.2) is 55.8 Å². The van der Waals surface area contributed by atoms with E-state index in [0.29, 0.717) is 45.7 Å². The van der Waals surface area contributed by atoms with Crippen molar-refractivity contribution in [2.45, 2.75) is 6.92 Å². The fourth-order valence-corrected chi connectivity index (χ4v) is 3.35. The number of rotatable bonds is 8. The molecular formula is C23H23N9O3. The van der Waals surface area contributed by atoms with Gasteiger partial charge in [0.2, 0.25) is 0 Å². The number of hydrogen-bond donors (Lipinski definition) is 3. The van der Waals surface area contributed by atoms with Crippen LogP contribution in [-0.2, 0) is 7.05 Å². The minimum Gasteiger partial charge on any atom is -0.494 e. The molecule has 3 heterocycles. The maximum atomic E-state index is 12.6. The Morgan fingerprint density at radius 1 is 1.06 bits per heavy atom. The molecule has 4 rings (SSSR count). The number of carbonyl (C=O) groups is 2. The Hall–Kier alpha value is -4.87. The number of nitrogens with zero attached hydrogens (tertiary/aromatic N) is 6. The first-order chi connectivity index (χ1) is 16.9. The van der Waals surface area contributed by atoms with Gasteiger partial charge in [0.1, 0.15) is 17.8 Å².